The van der Waals surface area contributed by atoms with Gasteiger partial charge in [0.1, 0.15) is 47.9 Å². The Kier molecular flexibility index (Phi) is 9.42. The van der Waals surface area contributed by atoms with Crippen LogP contribution in [-0.2, 0) is 30.2 Å². The van der Waals surface area contributed by atoms with Crippen LogP contribution in [0.5, 0.6) is 5.75 Å². The minimum absolute atomic E-state index is 0.124. The summed E-state index contributed by atoms with van der Waals surface area (Å²) in [5, 5.41) is 1.12. The van der Waals surface area contributed by atoms with E-state index in [-0.39, 0.29) is 29.8 Å². The molecule has 0 radical (unpaired) electrons. The zero-order valence-electron chi connectivity index (χ0n) is 20.4. The van der Waals surface area contributed by atoms with Crippen LogP contribution in [0.3, 0.4) is 0 Å². The van der Waals surface area contributed by atoms with Crippen LogP contribution < -0.4 is 4.74 Å². The summed E-state index contributed by atoms with van der Waals surface area (Å²) in [5.74, 6) is 0.815. The van der Waals surface area contributed by atoms with E-state index in [1.165, 1.54) is 25.7 Å². The first kappa shape index (κ1) is 25.6. The van der Waals surface area contributed by atoms with Gasteiger partial charge in [-0.3, -0.25) is 4.99 Å². The molecule has 2 fully saturated rings. The molecule has 34 heavy (non-hydrogen) atoms. The first-order valence-electron chi connectivity index (χ1n) is 12.5. The van der Waals surface area contributed by atoms with Crippen LogP contribution in [0.1, 0.15) is 57.9 Å². The summed E-state index contributed by atoms with van der Waals surface area (Å²) in [4.78, 5) is 16.4. The van der Waals surface area contributed by atoms with Crippen LogP contribution in [0.15, 0.2) is 29.3 Å². The van der Waals surface area contributed by atoms with Gasteiger partial charge in [-0.25, -0.2) is 0 Å². The third-order valence-corrected chi connectivity index (χ3v) is 7.74. The van der Waals surface area contributed by atoms with Crippen molar-refractivity contribution in [3.8, 4) is 5.75 Å². The summed E-state index contributed by atoms with van der Waals surface area (Å²) in [6.45, 7) is 4.42. The van der Waals surface area contributed by atoms with E-state index in [2.05, 4.69) is 6.92 Å². The second-order valence-electron chi connectivity index (χ2n) is 9.20. The highest BCUT2D eigenvalue weighted by Crippen LogP contribution is 2.42. The molecule has 4 rings (SSSR count). The van der Waals surface area contributed by atoms with E-state index >= 15 is 0 Å². The van der Waals surface area contributed by atoms with E-state index in [1.54, 1.807) is 25.8 Å². The number of benzene rings is 1. The Bertz CT molecular complexity index is 818. The van der Waals surface area contributed by atoms with E-state index in [4.69, 9.17) is 28.7 Å². The number of thioether (sulfide) groups is 1. The van der Waals surface area contributed by atoms with Crippen molar-refractivity contribution in [2.45, 2.75) is 101 Å². The van der Waals surface area contributed by atoms with Crippen molar-refractivity contribution >= 4 is 23.1 Å². The van der Waals surface area contributed by atoms with E-state index in [0.29, 0.717) is 13.0 Å². The maximum Gasteiger partial charge on any atom is 0.162 e. The maximum atomic E-state index is 11.4. The summed E-state index contributed by atoms with van der Waals surface area (Å²) < 4.78 is 30.2. The Hall–Kier alpha value is -1.45. The number of fused-ring (bicyclic) bond motifs is 2. The number of hydrogen-bond donors (Lipinski definition) is 0. The van der Waals surface area contributed by atoms with Crippen molar-refractivity contribution in [1.82, 2.24) is 0 Å². The van der Waals surface area contributed by atoms with Crippen LogP contribution in [0.25, 0.3) is 0 Å². The first-order valence-corrected chi connectivity index (χ1v) is 13.4. The SMILES string of the molecule is CCCCCCCC1=N[C@@H]2[C@@H](O[C@H](C)C=O)[C@@H]3O[C@H](Cc4ccc(OC)cc4)OC[C@H]3O[C@@H]2S1. The molecule has 1 aromatic rings. The predicted molar refractivity (Wildman–Crippen MR) is 133 cm³/mol. The molecule has 0 aromatic heterocycles. The van der Waals surface area contributed by atoms with Gasteiger partial charge in [-0.15, -0.1) is 0 Å². The molecule has 3 aliphatic heterocycles. The molecule has 188 valence electrons. The Morgan fingerprint density at radius 3 is 2.71 bits per heavy atom. The van der Waals surface area contributed by atoms with Gasteiger partial charge < -0.3 is 28.5 Å². The van der Waals surface area contributed by atoms with E-state index in [0.717, 1.165) is 35.5 Å². The Balaban J connectivity index is 1.42. The van der Waals surface area contributed by atoms with Crippen molar-refractivity contribution in [2.75, 3.05) is 13.7 Å². The van der Waals surface area contributed by atoms with Crippen molar-refractivity contribution in [1.29, 1.82) is 0 Å². The van der Waals surface area contributed by atoms with Crippen LogP contribution in [0.4, 0.5) is 0 Å². The van der Waals surface area contributed by atoms with Crippen molar-refractivity contribution in [3.63, 3.8) is 0 Å². The normalized spacial score (nSPS) is 31.3. The molecule has 0 N–H and O–H groups in total. The second-order valence-corrected chi connectivity index (χ2v) is 10.4. The zero-order chi connectivity index (χ0) is 23.9. The lowest BCUT2D eigenvalue weighted by atomic mass is 9.96. The first-order chi connectivity index (χ1) is 16.6. The fourth-order valence-corrected chi connectivity index (χ4v) is 5.94. The monoisotopic (exact) mass is 491 g/mol. The molecular formula is C26H37NO6S. The summed E-state index contributed by atoms with van der Waals surface area (Å²) in [7, 11) is 1.65. The van der Waals surface area contributed by atoms with Gasteiger partial charge in [-0.05, 0) is 37.5 Å². The molecule has 7 atom stereocenters. The average Bonchev–Trinajstić information content (AvgIpc) is 3.27. The Morgan fingerprint density at radius 1 is 1.18 bits per heavy atom. The number of aliphatic imine (C=N–C) groups is 1. The minimum Gasteiger partial charge on any atom is -0.497 e. The fourth-order valence-electron chi connectivity index (χ4n) is 4.67. The molecule has 0 bridgehead atoms. The standard InChI is InChI=1S/C26H37NO6S/c1-4-5-6-7-8-9-21-27-23-25(31-17(2)15-28)24-20(32-26(23)34-21)16-30-22(33-24)14-18-10-12-19(29-3)13-11-18/h10-13,15,17,20,22-26H,4-9,14,16H2,1-3H3/t17-,20-,22-,23-,24-,25-,26-/m1/s1. The fraction of sp³-hybridized carbons (Fsp3) is 0.692. The Morgan fingerprint density at radius 2 is 1.97 bits per heavy atom. The predicted octanol–water partition coefficient (Wildman–Crippen LogP) is 4.55. The zero-order valence-corrected chi connectivity index (χ0v) is 21.2. The summed E-state index contributed by atoms with van der Waals surface area (Å²) >= 11 is 1.70. The smallest absolute Gasteiger partial charge is 0.162 e. The number of hydrogen-bond acceptors (Lipinski definition) is 8. The summed E-state index contributed by atoms with van der Waals surface area (Å²) in [6, 6.07) is 7.71. The molecule has 3 aliphatic rings. The minimum atomic E-state index is -0.533. The van der Waals surface area contributed by atoms with E-state index < -0.39 is 12.4 Å². The lowest BCUT2D eigenvalue weighted by Crippen LogP contribution is -2.62. The number of rotatable bonds is 12. The number of nitrogens with zero attached hydrogens (tertiary/aromatic N) is 1. The van der Waals surface area contributed by atoms with Gasteiger partial charge in [0.2, 0.25) is 0 Å². The van der Waals surface area contributed by atoms with Crippen molar-refractivity contribution in [3.05, 3.63) is 29.8 Å². The number of unbranched alkanes of at least 4 members (excludes halogenated alkanes) is 4. The number of ether oxygens (including phenoxy) is 5. The van der Waals surface area contributed by atoms with Crippen LogP contribution in [0, 0.1) is 0 Å². The molecule has 2 saturated heterocycles. The van der Waals surface area contributed by atoms with Gasteiger partial charge in [0, 0.05) is 6.42 Å². The lowest BCUT2D eigenvalue weighted by molar-refractivity contribution is -0.307. The molecule has 1 aromatic carbocycles. The highest BCUT2D eigenvalue weighted by molar-refractivity contribution is 8.14. The topological polar surface area (TPSA) is 75.6 Å². The van der Waals surface area contributed by atoms with Gasteiger partial charge in [0.15, 0.2) is 6.29 Å². The molecule has 7 nitrogen and oxygen atoms in total. The van der Waals surface area contributed by atoms with Crippen LogP contribution in [-0.4, -0.2) is 67.2 Å². The molecule has 0 saturated carbocycles. The third-order valence-electron chi connectivity index (χ3n) is 6.53. The van der Waals surface area contributed by atoms with Crippen molar-refractivity contribution in [2.24, 2.45) is 4.99 Å². The lowest BCUT2D eigenvalue weighted by Gasteiger charge is -2.47. The second kappa shape index (κ2) is 12.5. The Labute approximate surface area is 206 Å². The van der Waals surface area contributed by atoms with Gasteiger partial charge >= 0.3 is 0 Å². The maximum absolute atomic E-state index is 11.4. The molecular weight excluding hydrogens is 454 g/mol. The number of carbonyl (C=O) groups is 1. The molecule has 0 amide bonds. The van der Waals surface area contributed by atoms with Gasteiger partial charge in [-0.1, -0.05) is 56.5 Å². The summed E-state index contributed by atoms with van der Waals surface area (Å²) in [6.07, 6.45) is 6.67. The molecule has 0 spiro atoms. The molecule has 0 unspecified atom stereocenters. The van der Waals surface area contributed by atoms with Crippen LogP contribution >= 0.6 is 11.8 Å². The number of carbonyl (C=O) groups excluding carboxylic acids is 1. The van der Waals surface area contributed by atoms with Crippen molar-refractivity contribution < 1.29 is 28.5 Å². The van der Waals surface area contributed by atoms with Gasteiger partial charge in [0.25, 0.3) is 0 Å². The van der Waals surface area contributed by atoms with Crippen LogP contribution in [0.2, 0.25) is 0 Å². The number of methoxy groups -OCH3 is 1. The summed E-state index contributed by atoms with van der Waals surface area (Å²) in [5.41, 5.74) is 0.971. The molecule has 3 heterocycles. The third kappa shape index (κ3) is 6.40. The quantitative estimate of drug-likeness (QED) is 0.314. The number of aldehydes is 1. The van der Waals surface area contributed by atoms with E-state index in [9.17, 15) is 4.79 Å². The molecule has 0 aliphatic carbocycles. The largest absolute Gasteiger partial charge is 0.497 e. The highest BCUT2D eigenvalue weighted by Gasteiger charge is 2.53. The van der Waals surface area contributed by atoms with Gasteiger partial charge in [-0.2, -0.15) is 0 Å². The van der Waals surface area contributed by atoms with Gasteiger partial charge in [0.05, 0.1) is 18.8 Å². The average molecular weight is 492 g/mol. The highest BCUT2D eigenvalue weighted by atomic mass is 32.2. The van der Waals surface area contributed by atoms with E-state index in [1.807, 2.05) is 24.3 Å². The molecule has 8 heteroatoms.